The number of carbonyl (C=O) groups excluding carboxylic acids is 1. The summed E-state index contributed by atoms with van der Waals surface area (Å²) in [7, 11) is 0. The van der Waals surface area contributed by atoms with Gasteiger partial charge in [0.15, 0.2) is 5.60 Å². The largest absolute Gasteiger partial charge is 0.342 e. The first-order valence-electron chi connectivity index (χ1n) is 7.85. The number of fused-ring (bicyclic) bond motifs is 1. The van der Waals surface area contributed by atoms with E-state index in [1.54, 1.807) is 6.08 Å². The van der Waals surface area contributed by atoms with Crippen molar-refractivity contribution in [3.8, 4) is 0 Å². The van der Waals surface area contributed by atoms with Crippen molar-refractivity contribution in [2.75, 3.05) is 13.1 Å². The van der Waals surface area contributed by atoms with Gasteiger partial charge in [-0.1, -0.05) is 36.5 Å². The molecule has 3 aliphatic heterocycles. The molecule has 0 aromatic rings. The van der Waals surface area contributed by atoms with Crippen LogP contribution in [-0.2, 0) is 9.53 Å². The molecule has 0 aromatic heterocycles. The maximum Gasteiger partial charge on any atom is 0.257 e. The van der Waals surface area contributed by atoms with Crippen LogP contribution in [0.5, 0.6) is 0 Å². The van der Waals surface area contributed by atoms with Gasteiger partial charge in [0.25, 0.3) is 5.91 Å². The van der Waals surface area contributed by atoms with Gasteiger partial charge in [0.2, 0.25) is 0 Å². The molecule has 4 nitrogen and oxygen atoms in total. The number of nitrogens with one attached hydrogen (secondary N) is 1. The number of piperidine rings is 1. The highest BCUT2D eigenvalue weighted by atomic mass is 16.6. The highest BCUT2D eigenvalue weighted by molar-refractivity contribution is 5.88. The lowest BCUT2D eigenvalue weighted by atomic mass is 9.90. The van der Waals surface area contributed by atoms with Gasteiger partial charge in [0.1, 0.15) is 6.23 Å². The summed E-state index contributed by atoms with van der Waals surface area (Å²) in [4.78, 5) is 14.9. The Bertz CT molecular complexity index is 489. The number of amides is 1. The number of rotatable bonds is 3. The molecule has 2 atom stereocenters. The minimum Gasteiger partial charge on any atom is -0.342 e. The summed E-state index contributed by atoms with van der Waals surface area (Å²) in [6, 6.07) is 0.186. The number of nitrogens with zero attached hydrogens (tertiary/aromatic N) is 1. The monoisotopic (exact) mass is 288 g/mol. The highest BCUT2D eigenvalue weighted by Crippen LogP contribution is 2.43. The van der Waals surface area contributed by atoms with E-state index in [0.29, 0.717) is 0 Å². The summed E-state index contributed by atoms with van der Waals surface area (Å²) in [5.41, 5.74) is 0.671. The average Bonchev–Trinajstić information content (AvgIpc) is 3.00. The molecular formula is C17H24N2O2. The Hall–Kier alpha value is -1.39. The van der Waals surface area contributed by atoms with Gasteiger partial charge in [0, 0.05) is 0 Å². The normalized spacial score (nSPS) is 32.1. The SMILES string of the molecule is C=C/C=C\C=C(/C)C1CCC2OC3(CCNCC3)C(=O)N21. The molecule has 1 spiro atoms. The second kappa shape index (κ2) is 5.78. The van der Waals surface area contributed by atoms with E-state index in [9.17, 15) is 4.79 Å². The zero-order valence-corrected chi connectivity index (χ0v) is 12.7. The van der Waals surface area contributed by atoms with E-state index in [-0.39, 0.29) is 18.2 Å². The van der Waals surface area contributed by atoms with Crippen LogP contribution in [0, 0.1) is 0 Å². The van der Waals surface area contributed by atoms with Gasteiger partial charge in [-0.25, -0.2) is 0 Å². The van der Waals surface area contributed by atoms with Crippen molar-refractivity contribution in [1.29, 1.82) is 0 Å². The lowest BCUT2D eigenvalue weighted by Crippen LogP contribution is -2.50. The van der Waals surface area contributed by atoms with Crippen molar-refractivity contribution in [3.05, 3.63) is 36.5 Å². The fourth-order valence-electron chi connectivity index (χ4n) is 3.72. The predicted molar refractivity (Wildman–Crippen MR) is 82.7 cm³/mol. The van der Waals surface area contributed by atoms with Crippen molar-refractivity contribution in [3.63, 3.8) is 0 Å². The molecule has 0 aliphatic carbocycles. The molecular weight excluding hydrogens is 264 g/mol. The van der Waals surface area contributed by atoms with Gasteiger partial charge < -0.3 is 15.0 Å². The minimum atomic E-state index is -0.550. The molecule has 21 heavy (non-hydrogen) atoms. The summed E-state index contributed by atoms with van der Waals surface area (Å²) in [6.45, 7) is 7.51. The first kappa shape index (κ1) is 14.5. The molecule has 3 rings (SSSR count). The summed E-state index contributed by atoms with van der Waals surface area (Å²) >= 11 is 0. The van der Waals surface area contributed by atoms with Gasteiger partial charge in [-0.15, -0.1) is 0 Å². The van der Waals surface area contributed by atoms with Crippen LogP contribution in [-0.4, -0.2) is 41.8 Å². The molecule has 0 radical (unpaired) electrons. The summed E-state index contributed by atoms with van der Waals surface area (Å²) in [6.07, 6.45) is 11.2. The summed E-state index contributed by atoms with van der Waals surface area (Å²) < 4.78 is 6.21. The third-order valence-electron chi connectivity index (χ3n) is 4.86. The van der Waals surface area contributed by atoms with Crippen LogP contribution in [0.4, 0.5) is 0 Å². The second-order valence-corrected chi connectivity index (χ2v) is 6.15. The molecule has 0 bridgehead atoms. The van der Waals surface area contributed by atoms with E-state index >= 15 is 0 Å². The van der Waals surface area contributed by atoms with Gasteiger partial charge in [0.05, 0.1) is 6.04 Å². The van der Waals surface area contributed by atoms with E-state index in [2.05, 4.69) is 24.9 Å². The quantitative estimate of drug-likeness (QED) is 0.809. The highest BCUT2D eigenvalue weighted by Gasteiger charge is 2.57. The lowest BCUT2D eigenvalue weighted by Gasteiger charge is -2.32. The topological polar surface area (TPSA) is 41.6 Å². The van der Waals surface area contributed by atoms with Crippen molar-refractivity contribution in [1.82, 2.24) is 10.2 Å². The molecule has 2 unspecified atom stereocenters. The Kier molecular flexibility index (Phi) is 4.00. The van der Waals surface area contributed by atoms with Crippen molar-refractivity contribution in [2.45, 2.75) is 50.5 Å². The maximum absolute atomic E-state index is 12.9. The van der Waals surface area contributed by atoms with Gasteiger partial charge in [-0.05, 0) is 45.7 Å². The maximum atomic E-state index is 12.9. The van der Waals surface area contributed by atoms with E-state index in [1.807, 2.05) is 17.1 Å². The molecule has 0 saturated carbocycles. The van der Waals surface area contributed by atoms with Crippen LogP contribution in [0.2, 0.25) is 0 Å². The number of carbonyl (C=O) groups is 1. The molecule has 3 heterocycles. The van der Waals surface area contributed by atoms with Crippen LogP contribution in [0.25, 0.3) is 0 Å². The average molecular weight is 288 g/mol. The lowest BCUT2D eigenvalue weighted by molar-refractivity contribution is -0.140. The Morgan fingerprint density at radius 2 is 2.14 bits per heavy atom. The summed E-state index contributed by atoms with van der Waals surface area (Å²) in [5, 5.41) is 3.31. The number of allylic oxidation sites excluding steroid dienone is 4. The van der Waals surface area contributed by atoms with Crippen molar-refractivity contribution in [2.24, 2.45) is 0 Å². The molecule has 3 fully saturated rings. The number of ether oxygens (including phenoxy) is 1. The minimum absolute atomic E-state index is 0.0210. The molecule has 114 valence electrons. The van der Waals surface area contributed by atoms with Crippen LogP contribution in [0.15, 0.2) is 36.5 Å². The third-order valence-corrected chi connectivity index (χ3v) is 4.86. The molecule has 4 heteroatoms. The molecule has 1 N–H and O–H groups in total. The van der Waals surface area contributed by atoms with Crippen LogP contribution in [0.3, 0.4) is 0 Å². The van der Waals surface area contributed by atoms with Gasteiger partial charge in [-0.3, -0.25) is 4.79 Å². The van der Waals surface area contributed by atoms with E-state index in [1.165, 1.54) is 5.57 Å². The molecule has 3 aliphatic rings. The fraction of sp³-hybridized carbons (Fsp3) is 0.588. The Labute approximate surface area is 126 Å². The number of hydrogen-bond donors (Lipinski definition) is 1. The smallest absolute Gasteiger partial charge is 0.257 e. The van der Waals surface area contributed by atoms with Crippen LogP contribution >= 0.6 is 0 Å². The van der Waals surface area contributed by atoms with E-state index in [0.717, 1.165) is 38.8 Å². The summed E-state index contributed by atoms with van der Waals surface area (Å²) in [5.74, 6) is 0.206. The fourth-order valence-corrected chi connectivity index (χ4v) is 3.72. The number of hydrogen-bond acceptors (Lipinski definition) is 3. The Morgan fingerprint density at radius 1 is 1.38 bits per heavy atom. The standard InChI is InChI=1S/C17H24N2O2/c1-3-4-5-6-13(2)14-7-8-15-19(14)16(20)17(21-15)9-11-18-12-10-17/h3-6,14-15,18H,1,7-12H2,2H3/b5-4-,13-6+. The van der Waals surface area contributed by atoms with Gasteiger partial charge >= 0.3 is 0 Å². The first-order valence-corrected chi connectivity index (χ1v) is 7.85. The Balaban J connectivity index is 1.79. The van der Waals surface area contributed by atoms with E-state index in [4.69, 9.17) is 4.74 Å². The zero-order chi connectivity index (χ0) is 14.9. The zero-order valence-electron chi connectivity index (χ0n) is 12.7. The molecule has 3 saturated heterocycles. The molecule has 0 aromatic carbocycles. The second-order valence-electron chi connectivity index (χ2n) is 6.15. The van der Waals surface area contributed by atoms with E-state index < -0.39 is 5.60 Å². The first-order chi connectivity index (χ1) is 10.2. The van der Waals surface area contributed by atoms with Crippen LogP contribution in [0.1, 0.15) is 32.6 Å². The van der Waals surface area contributed by atoms with Gasteiger partial charge in [-0.2, -0.15) is 0 Å². The molecule has 1 amide bonds. The van der Waals surface area contributed by atoms with Crippen LogP contribution < -0.4 is 5.32 Å². The predicted octanol–water partition coefficient (Wildman–Crippen LogP) is 2.14. The van der Waals surface area contributed by atoms with Crippen molar-refractivity contribution >= 4 is 5.91 Å². The Morgan fingerprint density at radius 3 is 2.86 bits per heavy atom. The third kappa shape index (κ3) is 2.47. The van der Waals surface area contributed by atoms with Crippen molar-refractivity contribution < 1.29 is 9.53 Å².